The number of carbonyl (C=O) groups is 1. The van der Waals surface area contributed by atoms with Gasteiger partial charge in [0.2, 0.25) is 10.0 Å². The third kappa shape index (κ3) is 3.89. The lowest BCUT2D eigenvalue weighted by Gasteiger charge is -2.22. The maximum absolute atomic E-state index is 12.3. The van der Waals surface area contributed by atoms with E-state index < -0.39 is 10.0 Å². The summed E-state index contributed by atoms with van der Waals surface area (Å²) in [6, 6.07) is 6.43. The van der Waals surface area contributed by atoms with Crippen molar-refractivity contribution < 1.29 is 13.2 Å². The van der Waals surface area contributed by atoms with Crippen molar-refractivity contribution >= 4 is 21.6 Å². The molecule has 0 saturated carbocycles. The summed E-state index contributed by atoms with van der Waals surface area (Å²) in [5.41, 5.74) is 3.23. The van der Waals surface area contributed by atoms with Crippen LogP contribution in [-0.4, -0.2) is 36.8 Å². The Balaban J connectivity index is 1.63. The van der Waals surface area contributed by atoms with E-state index in [2.05, 4.69) is 20.2 Å². The summed E-state index contributed by atoms with van der Waals surface area (Å²) in [7, 11) is -3.32. The Morgan fingerprint density at radius 2 is 2.04 bits per heavy atom. The first-order chi connectivity index (χ1) is 10.9. The molecule has 0 spiro atoms. The summed E-state index contributed by atoms with van der Waals surface area (Å²) in [4.78, 5) is 12.3. The number of aromatic amines is 1. The van der Waals surface area contributed by atoms with E-state index in [0.29, 0.717) is 11.3 Å². The third-order valence-corrected chi connectivity index (χ3v) is 4.41. The summed E-state index contributed by atoms with van der Waals surface area (Å²) < 4.78 is 24.7. The molecule has 23 heavy (non-hydrogen) atoms. The van der Waals surface area contributed by atoms with Crippen LogP contribution in [-0.2, 0) is 22.9 Å². The molecule has 0 fully saturated rings. The lowest BCUT2D eigenvalue weighted by atomic mass is 9.93. The lowest BCUT2D eigenvalue weighted by Crippen LogP contribution is -2.38. The first kappa shape index (κ1) is 15.5. The monoisotopic (exact) mass is 334 g/mol. The van der Waals surface area contributed by atoms with Gasteiger partial charge in [-0.1, -0.05) is 0 Å². The molecular weight excluding hydrogens is 316 g/mol. The molecule has 1 amide bonds. The van der Waals surface area contributed by atoms with Crippen molar-refractivity contribution in [2.45, 2.75) is 25.3 Å². The highest BCUT2D eigenvalue weighted by atomic mass is 32.2. The normalized spacial score (nSPS) is 17.3. The number of hydrogen-bond acceptors (Lipinski definition) is 4. The van der Waals surface area contributed by atoms with Crippen LogP contribution in [0.4, 0.5) is 5.69 Å². The summed E-state index contributed by atoms with van der Waals surface area (Å²) in [5, 5.41) is 9.99. The van der Waals surface area contributed by atoms with Crippen LogP contribution in [0.15, 0.2) is 30.5 Å². The van der Waals surface area contributed by atoms with Gasteiger partial charge in [-0.3, -0.25) is 14.6 Å². The van der Waals surface area contributed by atoms with Gasteiger partial charge in [-0.05, 0) is 42.7 Å². The highest BCUT2D eigenvalue weighted by Crippen LogP contribution is 2.19. The van der Waals surface area contributed by atoms with Gasteiger partial charge in [-0.15, -0.1) is 0 Å². The van der Waals surface area contributed by atoms with Crippen molar-refractivity contribution in [1.82, 2.24) is 15.5 Å². The van der Waals surface area contributed by atoms with E-state index in [9.17, 15) is 13.2 Å². The molecule has 1 aromatic heterocycles. The first-order valence-electron chi connectivity index (χ1n) is 7.30. The molecular formula is C15H18N4O3S. The van der Waals surface area contributed by atoms with E-state index in [1.165, 1.54) is 5.56 Å². The largest absolute Gasteiger partial charge is 0.349 e. The fourth-order valence-electron chi connectivity index (χ4n) is 2.70. The molecule has 2 aromatic rings. The molecule has 7 nitrogen and oxygen atoms in total. The molecule has 3 rings (SSSR count). The van der Waals surface area contributed by atoms with E-state index in [4.69, 9.17) is 0 Å². The number of benzene rings is 1. The summed E-state index contributed by atoms with van der Waals surface area (Å²) in [6.07, 6.45) is 5.44. The number of fused-ring (bicyclic) bond motifs is 1. The number of aromatic nitrogens is 2. The molecule has 0 radical (unpaired) electrons. The Morgan fingerprint density at radius 3 is 2.74 bits per heavy atom. The van der Waals surface area contributed by atoms with Crippen LogP contribution < -0.4 is 10.0 Å². The zero-order chi connectivity index (χ0) is 16.4. The second-order valence-electron chi connectivity index (χ2n) is 5.74. The van der Waals surface area contributed by atoms with Gasteiger partial charge in [0.15, 0.2) is 0 Å². The second-order valence-corrected chi connectivity index (χ2v) is 7.49. The van der Waals surface area contributed by atoms with Gasteiger partial charge in [-0.25, -0.2) is 8.42 Å². The van der Waals surface area contributed by atoms with Crippen LogP contribution in [0.5, 0.6) is 0 Å². The lowest BCUT2D eigenvalue weighted by molar-refractivity contribution is 0.0933. The maximum Gasteiger partial charge on any atom is 0.251 e. The van der Waals surface area contributed by atoms with Gasteiger partial charge < -0.3 is 5.32 Å². The Hall–Kier alpha value is -2.35. The van der Waals surface area contributed by atoms with Gasteiger partial charge in [0.1, 0.15) is 0 Å². The molecule has 1 atom stereocenters. The standard InChI is InChI=1S/C15H18N4O3S/c1-23(21,22)19-12-5-2-10(3-6-12)15(20)17-13-7-4-11-9-16-18-14(11)8-13/h2-3,5-6,9,13,19H,4,7-8H2,1H3,(H,16,18)(H,17,20). The van der Waals surface area contributed by atoms with Crippen molar-refractivity contribution in [3.05, 3.63) is 47.3 Å². The van der Waals surface area contributed by atoms with Crippen LogP contribution in [0.3, 0.4) is 0 Å². The minimum Gasteiger partial charge on any atom is -0.349 e. The molecule has 3 N–H and O–H groups in total. The molecule has 0 aliphatic heterocycles. The molecule has 1 aliphatic carbocycles. The fraction of sp³-hybridized carbons (Fsp3) is 0.333. The Labute approximate surface area is 134 Å². The minimum atomic E-state index is -3.32. The van der Waals surface area contributed by atoms with E-state index in [-0.39, 0.29) is 11.9 Å². The maximum atomic E-state index is 12.3. The number of amides is 1. The number of carbonyl (C=O) groups excluding carboxylic acids is 1. The van der Waals surface area contributed by atoms with Crippen molar-refractivity contribution in [3.8, 4) is 0 Å². The smallest absolute Gasteiger partial charge is 0.251 e. The zero-order valence-corrected chi connectivity index (χ0v) is 13.5. The van der Waals surface area contributed by atoms with Crippen LogP contribution in [0.1, 0.15) is 28.0 Å². The molecule has 122 valence electrons. The van der Waals surface area contributed by atoms with Crippen molar-refractivity contribution in [3.63, 3.8) is 0 Å². The molecule has 1 aromatic carbocycles. The number of sulfonamides is 1. The average Bonchev–Trinajstić information content (AvgIpc) is 2.94. The summed E-state index contributed by atoms with van der Waals surface area (Å²) >= 11 is 0. The number of rotatable bonds is 4. The van der Waals surface area contributed by atoms with E-state index in [1.54, 1.807) is 24.3 Å². The second kappa shape index (κ2) is 6.04. The highest BCUT2D eigenvalue weighted by molar-refractivity contribution is 7.92. The minimum absolute atomic E-state index is 0.0734. The van der Waals surface area contributed by atoms with Crippen molar-refractivity contribution in [1.29, 1.82) is 0 Å². The molecule has 1 unspecified atom stereocenters. The van der Waals surface area contributed by atoms with Crippen LogP contribution >= 0.6 is 0 Å². The molecule has 1 heterocycles. The van der Waals surface area contributed by atoms with Gasteiger partial charge in [0.05, 0.1) is 12.5 Å². The fourth-order valence-corrected chi connectivity index (χ4v) is 3.27. The zero-order valence-electron chi connectivity index (χ0n) is 12.7. The molecule has 8 heteroatoms. The van der Waals surface area contributed by atoms with Crippen LogP contribution in [0, 0.1) is 0 Å². The predicted molar refractivity (Wildman–Crippen MR) is 86.8 cm³/mol. The Bertz CT molecular complexity index is 812. The van der Waals surface area contributed by atoms with Crippen LogP contribution in [0.25, 0.3) is 0 Å². The molecule has 1 aliphatic rings. The third-order valence-electron chi connectivity index (χ3n) is 3.81. The van der Waals surface area contributed by atoms with Gasteiger partial charge in [0.25, 0.3) is 5.91 Å². The number of H-pyrrole nitrogens is 1. The van der Waals surface area contributed by atoms with E-state index in [1.807, 2.05) is 6.20 Å². The van der Waals surface area contributed by atoms with Gasteiger partial charge >= 0.3 is 0 Å². The molecule has 0 saturated heterocycles. The van der Waals surface area contributed by atoms with Crippen LogP contribution in [0.2, 0.25) is 0 Å². The van der Waals surface area contributed by atoms with Gasteiger partial charge in [-0.2, -0.15) is 5.10 Å². The summed E-state index contributed by atoms with van der Waals surface area (Å²) in [5.74, 6) is -0.163. The summed E-state index contributed by atoms with van der Waals surface area (Å²) in [6.45, 7) is 0. The number of hydrogen-bond donors (Lipinski definition) is 3. The number of aryl methyl sites for hydroxylation is 1. The van der Waals surface area contributed by atoms with Crippen molar-refractivity contribution in [2.24, 2.45) is 0 Å². The number of anilines is 1. The number of nitrogens with one attached hydrogen (secondary N) is 3. The molecule has 0 bridgehead atoms. The van der Waals surface area contributed by atoms with Gasteiger partial charge in [0, 0.05) is 29.4 Å². The average molecular weight is 334 g/mol. The Kier molecular flexibility index (Phi) is 4.08. The quantitative estimate of drug-likeness (QED) is 0.778. The van der Waals surface area contributed by atoms with Crippen molar-refractivity contribution in [2.75, 3.05) is 11.0 Å². The SMILES string of the molecule is CS(=O)(=O)Nc1ccc(C(=O)NC2CCc3cn[nH]c3C2)cc1. The van der Waals surface area contributed by atoms with E-state index in [0.717, 1.165) is 31.2 Å². The highest BCUT2D eigenvalue weighted by Gasteiger charge is 2.21. The first-order valence-corrected chi connectivity index (χ1v) is 9.20. The van der Waals surface area contributed by atoms with E-state index >= 15 is 0 Å². The predicted octanol–water partition coefficient (Wildman–Crippen LogP) is 1.07. The topological polar surface area (TPSA) is 104 Å². The Morgan fingerprint density at radius 1 is 1.30 bits per heavy atom. The number of nitrogens with zero attached hydrogens (tertiary/aromatic N) is 1.